The minimum atomic E-state index is -0.830. The molecule has 1 saturated carbocycles. The molecule has 1 aromatic rings. The molecule has 2 aliphatic heterocycles. The van der Waals surface area contributed by atoms with Crippen LogP contribution in [0.3, 0.4) is 0 Å². The van der Waals surface area contributed by atoms with Gasteiger partial charge in [-0.1, -0.05) is 12.7 Å². The third-order valence-electron chi connectivity index (χ3n) is 7.55. The van der Waals surface area contributed by atoms with Gasteiger partial charge in [-0.3, -0.25) is 0 Å². The number of allylic oxidation sites excluding steroid dienone is 6. The van der Waals surface area contributed by atoms with Crippen LogP contribution in [0, 0.1) is 18.6 Å². The third kappa shape index (κ3) is 5.35. The third-order valence-corrected chi connectivity index (χ3v) is 7.55. The molecule has 0 aromatic heterocycles. The first-order valence-electron chi connectivity index (χ1n) is 12.6. The van der Waals surface area contributed by atoms with Crippen LogP contribution in [0.2, 0.25) is 0 Å². The van der Waals surface area contributed by atoms with Crippen LogP contribution in [0.4, 0.5) is 8.78 Å². The normalized spacial score (nSPS) is 21.6. The Balaban J connectivity index is 1.58. The van der Waals surface area contributed by atoms with E-state index in [0.29, 0.717) is 11.1 Å². The maximum absolute atomic E-state index is 13.8. The first-order chi connectivity index (χ1) is 16.7. The standard InChI is InChI=1S/C30H37F2N3/c1-19(14-26-17-29(32)28(31)15-20(26)2)22(4)23(5)35-13-11-25(16-21(35)3)30(24-8-6-9-24)34-12-7-10-27(33)18-34/h11,13-17,27H,3,6-10,12,18,33H2,1-2,4-5H3/b19-14+,23-22+. The fourth-order valence-corrected chi connectivity index (χ4v) is 5.06. The smallest absolute Gasteiger partial charge is 0.159 e. The van der Waals surface area contributed by atoms with E-state index in [1.807, 2.05) is 19.9 Å². The highest BCUT2D eigenvalue weighted by molar-refractivity contribution is 5.61. The van der Waals surface area contributed by atoms with E-state index in [0.717, 1.165) is 61.3 Å². The van der Waals surface area contributed by atoms with Crippen molar-refractivity contribution in [2.45, 2.75) is 65.8 Å². The average molecular weight is 478 g/mol. The molecule has 1 saturated heterocycles. The van der Waals surface area contributed by atoms with E-state index in [9.17, 15) is 8.78 Å². The van der Waals surface area contributed by atoms with E-state index in [-0.39, 0.29) is 6.04 Å². The van der Waals surface area contributed by atoms with E-state index < -0.39 is 11.6 Å². The van der Waals surface area contributed by atoms with E-state index >= 15 is 0 Å². The van der Waals surface area contributed by atoms with E-state index in [1.165, 1.54) is 35.4 Å². The number of hydrogen-bond donors (Lipinski definition) is 1. The number of nitrogens with two attached hydrogens (primary N) is 1. The molecule has 1 aliphatic carbocycles. The number of piperidine rings is 1. The Labute approximate surface area is 208 Å². The fraction of sp³-hybridized carbons (Fsp3) is 0.400. The van der Waals surface area contributed by atoms with Crippen molar-refractivity contribution in [3.8, 4) is 0 Å². The molecule has 1 unspecified atom stereocenters. The van der Waals surface area contributed by atoms with Gasteiger partial charge in [0, 0.05) is 48.0 Å². The molecule has 0 spiro atoms. The largest absolute Gasteiger partial charge is 0.370 e. The number of likely N-dealkylation sites (tertiary alicyclic amines) is 1. The summed E-state index contributed by atoms with van der Waals surface area (Å²) < 4.78 is 27.3. The van der Waals surface area contributed by atoms with Crippen LogP contribution in [0.1, 0.15) is 64.0 Å². The maximum Gasteiger partial charge on any atom is 0.159 e. The van der Waals surface area contributed by atoms with Gasteiger partial charge in [-0.15, -0.1) is 0 Å². The summed E-state index contributed by atoms with van der Waals surface area (Å²) in [5.41, 5.74) is 15.8. The van der Waals surface area contributed by atoms with Crippen LogP contribution < -0.4 is 5.73 Å². The van der Waals surface area contributed by atoms with Crippen molar-refractivity contribution >= 4 is 6.08 Å². The molecule has 35 heavy (non-hydrogen) atoms. The first-order valence-corrected chi connectivity index (χ1v) is 12.6. The Morgan fingerprint density at radius 1 is 1.11 bits per heavy atom. The highest BCUT2D eigenvalue weighted by atomic mass is 19.2. The molecule has 5 heteroatoms. The molecule has 3 nitrogen and oxygen atoms in total. The Morgan fingerprint density at radius 2 is 1.83 bits per heavy atom. The fourth-order valence-electron chi connectivity index (χ4n) is 5.06. The second-order valence-electron chi connectivity index (χ2n) is 10.1. The van der Waals surface area contributed by atoms with Crippen molar-refractivity contribution in [3.05, 3.63) is 99.2 Å². The van der Waals surface area contributed by atoms with Gasteiger partial charge in [0.15, 0.2) is 11.6 Å². The first kappa shape index (κ1) is 25.2. The van der Waals surface area contributed by atoms with Gasteiger partial charge < -0.3 is 15.5 Å². The van der Waals surface area contributed by atoms with Crippen molar-refractivity contribution in [1.29, 1.82) is 0 Å². The molecular formula is C30H37F2N3. The summed E-state index contributed by atoms with van der Waals surface area (Å²) in [7, 11) is 0. The Kier molecular flexibility index (Phi) is 7.46. The van der Waals surface area contributed by atoms with Gasteiger partial charge in [-0.05, 0) is 112 Å². The van der Waals surface area contributed by atoms with Crippen LogP contribution in [0.25, 0.3) is 6.08 Å². The Bertz CT molecular complexity index is 1180. The summed E-state index contributed by atoms with van der Waals surface area (Å²) in [5, 5.41) is 0. The minimum Gasteiger partial charge on any atom is -0.370 e. The van der Waals surface area contributed by atoms with Crippen LogP contribution in [0.5, 0.6) is 0 Å². The number of benzene rings is 1. The van der Waals surface area contributed by atoms with Crippen molar-refractivity contribution in [3.63, 3.8) is 0 Å². The highest BCUT2D eigenvalue weighted by Crippen LogP contribution is 2.37. The van der Waals surface area contributed by atoms with Gasteiger partial charge in [-0.25, -0.2) is 8.78 Å². The lowest BCUT2D eigenvalue weighted by Gasteiger charge is -2.39. The average Bonchev–Trinajstić information content (AvgIpc) is 2.78. The van der Waals surface area contributed by atoms with Gasteiger partial charge in [0.05, 0.1) is 0 Å². The number of halogens is 2. The maximum atomic E-state index is 13.8. The number of rotatable bonds is 5. The van der Waals surface area contributed by atoms with E-state index in [2.05, 4.69) is 41.7 Å². The lowest BCUT2D eigenvalue weighted by molar-refractivity contribution is 0.258. The van der Waals surface area contributed by atoms with E-state index in [4.69, 9.17) is 5.73 Å². The molecule has 1 aromatic carbocycles. The van der Waals surface area contributed by atoms with Gasteiger partial charge in [0.2, 0.25) is 0 Å². The molecule has 4 rings (SSSR count). The Hall–Kier alpha value is -2.92. The zero-order chi connectivity index (χ0) is 25.3. The number of nitrogens with zero attached hydrogens (tertiary/aromatic N) is 2. The predicted octanol–water partition coefficient (Wildman–Crippen LogP) is 7.10. The van der Waals surface area contributed by atoms with Crippen LogP contribution in [-0.2, 0) is 0 Å². The van der Waals surface area contributed by atoms with Crippen molar-refractivity contribution in [2.24, 2.45) is 5.73 Å². The van der Waals surface area contributed by atoms with Gasteiger partial charge in [0.1, 0.15) is 0 Å². The zero-order valence-electron chi connectivity index (χ0n) is 21.4. The molecule has 1 atom stereocenters. The van der Waals surface area contributed by atoms with Crippen LogP contribution >= 0.6 is 0 Å². The monoisotopic (exact) mass is 477 g/mol. The molecule has 186 valence electrons. The second kappa shape index (κ2) is 10.4. The second-order valence-corrected chi connectivity index (χ2v) is 10.1. The number of aryl methyl sites for hydroxylation is 1. The molecule has 2 N–H and O–H groups in total. The molecule has 2 fully saturated rings. The summed E-state index contributed by atoms with van der Waals surface area (Å²) in [6, 6.07) is 2.73. The zero-order valence-corrected chi connectivity index (χ0v) is 21.4. The molecule has 0 amide bonds. The van der Waals surface area contributed by atoms with Crippen molar-refractivity contribution in [2.75, 3.05) is 13.1 Å². The van der Waals surface area contributed by atoms with Crippen LogP contribution in [-0.4, -0.2) is 28.9 Å². The summed E-state index contributed by atoms with van der Waals surface area (Å²) in [4.78, 5) is 4.58. The lowest BCUT2D eigenvalue weighted by atomic mass is 9.86. The lowest BCUT2D eigenvalue weighted by Crippen LogP contribution is -2.43. The molecule has 3 aliphatic rings. The SMILES string of the molecule is C=C1C=C(C(=C2CCC2)N2CCCC(N)C2)C=CN1/C(C)=C(C)/C(C)=C/c1cc(F)c(F)cc1C. The quantitative estimate of drug-likeness (QED) is 0.459. The van der Waals surface area contributed by atoms with Crippen molar-refractivity contribution < 1.29 is 8.78 Å². The summed E-state index contributed by atoms with van der Waals surface area (Å²) in [6.07, 6.45) is 14.2. The highest BCUT2D eigenvalue weighted by Gasteiger charge is 2.27. The molecule has 0 radical (unpaired) electrons. The molecular weight excluding hydrogens is 440 g/mol. The van der Waals surface area contributed by atoms with Gasteiger partial charge in [-0.2, -0.15) is 0 Å². The summed E-state index contributed by atoms with van der Waals surface area (Å²) in [5.74, 6) is -1.65. The molecule has 2 heterocycles. The van der Waals surface area contributed by atoms with E-state index in [1.54, 1.807) is 6.92 Å². The van der Waals surface area contributed by atoms with Crippen LogP contribution in [0.15, 0.2) is 76.4 Å². The molecule has 0 bridgehead atoms. The predicted molar refractivity (Wildman–Crippen MR) is 141 cm³/mol. The van der Waals surface area contributed by atoms with Crippen molar-refractivity contribution in [1.82, 2.24) is 9.80 Å². The minimum absolute atomic E-state index is 0.230. The summed E-state index contributed by atoms with van der Waals surface area (Å²) in [6.45, 7) is 14.2. The van der Waals surface area contributed by atoms with Gasteiger partial charge >= 0.3 is 0 Å². The summed E-state index contributed by atoms with van der Waals surface area (Å²) >= 11 is 0. The number of hydrogen-bond acceptors (Lipinski definition) is 3. The topological polar surface area (TPSA) is 32.5 Å². The Morgan fingerprint density at radius 3 is 2.46 bits per heavy atom. The van der Waals surface area contributed by atoms with Gasteiger partial charge in [0.25, 0.3) is 0 Å².